The fourth-order valence-corrected chi connectivity index (χ4v) is 2.99. The molecule has 0 aromatic heterocycles. The fourth-order valence-electron chi connectivity index (χ4n) is 1.65. The van der Waals surface area contributed by atoms with Gasteiger partial charge < -0.3 is 9.16 Å². The van der Waals surface area contributed by atoms with Crippen molar-refractivity contribution in [3.8, 4) is 0 Å². The van der Waals surface area contributed by atoms with Crippen molar-refractivity contribution in [1.82, 2.24) is 0 Å². The van der Waals surface area contributed by atoms with Crippen molar-refractivity contribution in [1.29, 1.82) is 0 Å². The molecule has 0 amide bonds. The minimum absolute atomic E-state index is 0.00455. The summed E-state index contributed by atoms with van der Waals surface area (Å²) in [4.78, 5) is 11.0. The summed E-state index contributed by atoms with van der Waals surface area (Å²) < 4.78 is 11.0. The zero-order valence-electron chi connectivity index (χ0n) is 15.1. The van der Waals surface area contributed by atoms with E-state index >= 15 is 0 Å². The molecule has 0 spiro atoms. The Balaban J connectivity index is 4.62. The van der Waals surface area contributed by atoms with Gasteiger partial charge >= 0.3 is 5.97 Å². The normalized spacial score (nSPS) is 13.9. The number of hydrogen-bond donors (Lipinski definition) is 0. The van der Waals surface area contributed by atoms with E-state index in [1.807, 2.05) is 6.08 Å². The molecule has 0 aromatic carbocycles. The number of carbonyl (C=O) groups excluding carboxylic acids is 1. The Hall–Kier alpha value is -1.13. The van der Waals surface area contributed by atoms with Gasteiger partial charge in [-0.1, -0.05) is 46.1 Å². The summed E-state index contributed by atoms with van der Waals surface area (Å²) in [6.45, 7) is 19.1. The first-order valence-electron chi connectivity index (χ1n) is 7.78. The summed E-state index contributed by atoms with van der Waals surface area (Å²) >= 11 is 0. The Bertz CT molecular complexity index is 417. The fraction of sp³-hybridized carbons (Fsp3) is 0.611. The Kier molecular flexibility index (Phi) is 8.64. The first-order valence-corrected chi connectivity index (χ1v) is 10.7. The van der Waals surface area contributed by atoms with Crippen LogP contribution in [0.1, 0.15) is 40.0 Å². The molecule has 0 aliphatic carbocycles. The smallest absolute Gasteiger partial charge is 0.330 e. The standard InChI is InChI=1S/C18H32O3Si/c1-9-15(2)16(21-22(7,8)18(3,4)5)13-11-10-12-14-17(19)20-6/h9,12,14,16H,1-2,10-11,13H2,3-8H3/b14-12+. The molecule has 1 atom stereocenters. The molecule has 4 heteroatoms. The van der Waals surface area contributed by atoms with Gasteiger partial charge in [-0.25, -0.2) is 4.79 Å². The minimum Gasteiger partial charge on any atom is -0.466 e. The highest BCUT2D eigenvalue weighted by molar-refractivity contribution is 6.74. The molecule has 22 heavy (non-hydrogen) atoms. The van der Waals surface area contributed by atoms with Gasteiger partial charge in [0.05, 0.1) is 13.2 Å². The molecule has 1 unspecified atom stereocenters. The highest BCUT2D eigenvalue weighted by Crippen LogP contribution is 2.38. The maximum absolute atomic E-state index is 11.0. The van der Waals surface area contributed by atoms with E-state index in [2.05, 4.69) is 51.8 Å². The van der Waals surface area contributed by atoms with Crippen LogP contribution in [0.25, 0.3) is 0 Å². The minimum atomic E-state index is -1.84. The molecule has 0 fully saturated rings. The summed E-state index contributed by atoms with van der Waals surface area (Å²) in [7, 11) is -0.461. The van der Waals surface area contributed by atoms with Crippen LogP contribution in [0, 0.1) is 0 Å². The number of ether oxygens (including phenoxy) is 1. The predicted molar refractivity (Wildman–Crippen MR) is 96.4 cm³/mol. The number of carbonyl (C=O) groups is 1. The van der Waals surface area contributed by atoms with E-state index in [1.165, 1.54) is 13.2 Å². The number of esters is 1. The van der Waals surface area contributed by atoms with E-state index < -0.39 is 8.32 Å². The highest BCUT2D eigenvalue weighted by Gasteiger charge is 2.39. The van der Waals surface area contributed by atoms with Gasteiger partial charge in [0.25, 0.3) is 0 Å². The number of rotatable bonds is 9. The molecule has 0 N–H and O–H groups in total. The lowest BCUT2D eigenvalue weighted by atomic mass is 10.1. The maximum Gasteiger partial charge on any atom is 0.330 e. The quantitative estimate of drug-likeness (QED) is 0.196. The van der Waals surface area contributed by atoms with Gasteiger partial charge in [0, 0.05) is 6.08 Å². The van der Waals surface area contributed by atoms with Crippen molar-refractivity contribution in [2.24, 2.45) is 0 Å². The molecular formula is C18H32O3Si. The Labute approximate surface area is 137 Å². The van der Waals surface area contributed by atoms with E-state index in [0.717, 1.165) is 24.8 Å². The molecule has 0 bridgehead atoms. The van der Waals surface area contributed by atoms with Crippen LogP contribution < -0.4 is 0 Å². The third kappa shape index (κ3) is 7.23. The van der Waals surface area contributed by atoms with Crippen molar-refractivity contribution in [3.63, 3.8) is 0 Å². The van der Waals surface area contributed by atoms with Gasteiger partial charge in [-0.2, -0.15) is 0 Å². The zero-order valence-corrected chi connectivity index (χ0v) is 16.1. The molecule has 0 aliphatic heterocycles. The van der Waals surface area contributed by atoms with Crippen LogP contribution in [0.15, 0.2) is 37.0 Å². The zero-order chi connectivity index (χ0) is 17.4. The summed E-state index contributed by atoms with van der Waals surface area (Å²) in [5.41, 5.74) is 0.932. The first-order chi connectivity index (χ1) is 10.0. The lowest BCUT2D eigenvalue weighted by Crippen LogP contribution is -2.44. The van der Waals surface area contributed by atoms with Crippen molar-refractivity contribution < 1.29 is 14.0 Å². The lowest BCUT2D eigenvalue weighted by Gasteiger charge is -2.39. The van der Waals surface area contributed by atoms with E-state index in [1.54, 1.807) is 6.08 Å². The lowest BCUT2D eigenvalue weighted by molar-refractivity contribution is -0.134. The topological polar surface area (TPSA) is 35.5 Å². The van der Waals surface area contributed by atoms with E-state index in [4.69, 9.17) is 4.43 Å². The highest BCUT2D eigenvalue weighted by atomic mass is 28.4. The molecular weight excluding hydrogens is 292 g/mol. The number of unbranched alkanes of at least 4 members (excludes halogenated alkanes) is 1. The molecule has 0 saturated heterocycles. The molecule has 0 rings (SSSR count). The van der Waals surface area contributed by atoms with Gasteiger partial charge in [-0.05, 0) is 43.0 Å². The number of hydrogen-bond acceptors (Lipinski definition) is 3. The Morgan fingerprint density at radius 1 is 1.32 bits per heavy atom. The van der Waals surface area contributed by atoms with Crippen LogP contribution in [-0.2, 0) is 14.0 Å². The molecule has 0 radical (unpaired) electrons. The summed E-state index contributed by atoms with van der Waals surface area (Å²) in [6.07, 6.45) is 7.71. The average Bonchev–Trinajstić information content (AvgIpc) is 2.43. The van der Waals surface area contributed by atoms with E-state index in [0.29, 0.717) is 0 Å². The number of allylic oxidation sites excluding steroid dienone is 1. The SMILES string of the molecule is C=CC(=C)C(CCC/C=C/C(=O)OC)O[Si](C)(C)C(C)(C)C. The van der Waals surface area contributed by atoms with Gasteiger partial charge in [0.15, 0.2) is 8.32 Å². The number of methoxy groups -OCH3 is 1. The third-order valence-corrected chi connectivity index (χ3v) is 8.70. The van der Waals surface area contributed by atoms with Crippen molar-refractivity contribution in [2.45, 2.75) is 64.3 Å². The van der Waals surface area contributed by atoms with Gasteiger partial charge in [0.1, 0.15) is 0 Å². The average molecular weight is 325 g/mol. The molecule has 0 saturated carbocycles. The molecule has 0 aliphatic rings. The Morgan fingerprint density at radius 3 is 2.36 bits per heavy atom. The Morgan fingerprint density at radius 2 is 1.91 bits per heavy atom. The summed E-state index contributed by atoms with van der Waals surface area (Å²) in [6, 6.07) is 0. The molecule has 0 aromatic rings. The van der Waals surface area contributed by atoms with Gasteiger partial charge in [0.2, 0.25) is 0 Å². The van der Waals surface area contributed by atoms with Crippen LogP contribution in [0.2, 0.25) is 18.1 Å². The largest absolute Gasteiger partial charge is 0.466 e. The van der Waals surface area contributed by atoms with E-state index in [-0.39, 0.29) is 17.1 Å². The van der Waals surface area contributed by atoms with Crippen LogP contribution >= 0.6 is 0 Å². The van der Waals surface area contributed by atoms with Gasteiger partial charge in [-0.3, -0.25) is 0 Å². The summed E-state index contributed by atoms with van der Waals surface area (Å²) in [5, 5.41) is 0.164. The summed E-state index contributed by atoms with van der Waals surface area (Å²) in [5.74, 6) is -0.315. The van der Waals surface area contributed by atoms with Gasteiger partial charge in [-0.15, -0.1) is 0 Å². The predicted octanol–water partition coefficient (Wildman–Crippen LogP) is 5.02. The van der Waals surface area contributed by atoms with Crippen LogP contribution in [0.5, 0.6) is 0 Å². The second-order valence-corrected chi connectivity index (χ2v) is 11.8. The second kappa shape index (κ2) is 9.11. The van der Waals surface area contributed by atoms with Crippen LogP contribution in [-0.4, -0.2) is 27.5 Å². The maximum atomic E-state index is 11.0. The van der Waals surface area contributed by atoms with Crippen LogP contribution in [0.4, 0.5) is 0 Å². The third-order valence-electron chi connectivity index (χ3n) is 4.21. The van der Waals surface area contributed by atoms with E-state index in [9.17, 15) is 4.79 Å². The monoisotopic (exact) mass is 324 g/mol. The van der Waals surface area contributed by atoms with Crippen molar-refractivity contribution >= 4 is 14.3 Å². The van der Waals surface area contributed by atoms with Crippen molar-refractivity contribution in [3.05, 3.63) is 37.0 Å². The van der Waals surface area contributed by atoms with Crippen LogP contribution in [0.3, 0.4) is 0 Å². The molecule has 126 valence electrons. The van der Waals surface area contributed by atoms with Crippen molar-refractivity contribution in [2.75, 3.05) is 7.11 Å². The molecule has 3 nitrogen and oxygen atoms in total. The molecule has 0 heterocycles. The second-order valence-electron chi connectivity index (χ2n) is 7.00. The first kappa shape index (κ1) is 20.9.